The first-order chi connectivity index (χ1) is 9.02. The highest BCUT2D eigenvalue weighted by Gasteiger charge is 2.37. The molecule has 1 aliphatic carbocycles. The van der Waals surface area contributed by atoms with Crippen LogP contribution in [0.25, 0.3) is 0 Å². The number of carbonyl (C=O) groups is 2. The summed E-state index contributed by atoms with van der Waals surface area (Å²) < 4.78 is 13.0. The number of nitrogens with one attached hydrogen (secondary N) is 1. The van der Waals surface area contributed by atoms with Crippen LogP contribution in [-0.4, -0.2) is 17.0 Å². The molecule has 0 bridgehead atoms. The molecular weight excluding hydrogens is 249 g/mol. The Morgan fingerprint density at radius 3 is 2.32 bits per heavy atom. The van der Waals surface area contributed by atoms with Crippen LogP contribution in [0.4, 0.5) is 4.39 Å². The summed E-state index contributed by atoms with van der Waals surface area (Å²) >= 11 is 0. The van der Waals surface area contributed by atoms with Gasteiger partial charge in [0.15, 0.2) is 0 Å². The summed E-state index contributed by atoms with van der Waals surface area (Å²) in [7, 11) is 0. The normalized spacial score (nSPS) is 17.1. The van der Waals surface area contributed by atoms with E-state index in [9.17, 15) is 14.0 Å². The third-order valence-corrected chi connectivity index (χ3v) is 3.54. The number of hydrogen-bond acceptors (Lipinski definition) is 2. The van der Waals surface area contributed by atoms with Crippen molar-refractivity contribution in [3.63, 3.8) is 0 Å². The summed E-state index contributed by atoms with van der Waals surface area (Å²) in [5.41, 5.74) is 0.297. The molecule has 1 aromatic rings. The van der Waals surface area contributed by atoms with Gasteiger partial charge < -0.3 is 10.4 Å². The van der Waals surface area contributed by atoms with Crippen molar-refractivity contribution in [1.29, 1.82) is 0 Å². The van der Waals surface area contributed by atoms with Crippen LogP contribution in [0.15, 0.2) is 24.3 Å². The molecule has 1 amide bonds. The zero-order chi connectivity index (χ0) is 13.9. The molecule has 0 saturated heterocycles. The molecular formula is C14H16FNO3. The van der Waals surface area contributed by atoms with Crippen molar-refractivity contribution in [2.45, 2.75) is 37.6 Å². The summed E-state index contributed by atoms with van der Waals surface area (Å²) in [6.45, 7) is 0. The van der Waals surface area contributed by atoms with Crippen molar-refractivity contribution < 1.29 is 19.1 Å². The van der Waals surface area contributed by atoms with Crippen LogP contribution in [0.1, 0.15) is 37.7 Å². The summed E-state index contributed by atoms with van der Waals surface area (Å²) in [5, 5.41) is 11.5. The molecule has 1 saturated carbocycles. The number of carboxylic acid groups (broad SMARTS) is 1. The van der Waals surface area contributed by atoms with Gasteiger partial charge >= 0.3 is 5.97 Å². The Labute approximate surface area is 110 Å². The number of carboxylic acids is 1. The standard InChI is InChI=1S/C14H16FNO3/c15-11-5-3-10(4-6-11)14(7-1-2-8-14)16-12(17)9-13(18)19/h3-6H,1-2,7-9H2,(H,16,17)(H,18,19). The molecule has 2 rings (SSSR count). The van der Waals surface area contributed by atoms with Gasteiger partial charge in [-0.05, 0) is 30.5 Å². The Balaban J connectivity index is 2.20. The first kappa shape index (κ1) is 13.5. The van der Waals surface area contributed by atoms with Gasteiger partial charge in [-0.25, -0.2) is 4.39 Å². The highest BCUT2D eigenvalue weighted by atomic mass is 19.1. The lowest BCUT2D eigenvalue weighted by molar-refractivity contribution is -0.141. The van der Waals surface area contributed by atoms with Gasteiger partial charge in [0.25, 0.3) is 0 Å². The van der Waals surface area contributed by atoms with Crippen molar-refractivity contribution in [2.24, 2.45) is 0 Å². The predicted molar refractivity (Wildman–Crippen MR) is 66.9 cm³/mol. The smallest absolute Gasteiger partial charge is 0.312 e. The van der Waals surface area contributed by atoms with E-state index >= 15 is 0 Å². The molecule has 0 unspecified atom stereocenters. The molecule has 19 heavy (non-hydrogen) atoms. The Morgan fingerprint density at radius 1 is 1.21 bits per heavy atom. The third-order valence-electron chi connectivity index (χ3n) is 3.54. The minimum Gasteiger partial charge on any atom is -0.481 e. The quantitative estimate of drug-likeness (QED) is 0.820. The monoisotopic (exact) mass is 265 g/mol. The molecule has 2 N–H and O–H groups in total. The van der Waals surface area contributed by atoms with Crippen LogP contribution >= 0.6 is 0 Å². The zero-order valence-electron chi connectivity index (χ0n) is 10.5. The van der Waals surface area contributed by atoms with E-state index in [4.69, 9.17) is 5.11 Å². The molecule has 0 heterocycles. The van der Waals surface area contributed by atoms with Crippen LogP contribution < -0.4 is 5.32 Å². The van der Waals surface area contributed by atoms with Gasteiger partial charge in [0.1, 0.15) is 12.2 Å². The Bertz CT molecular complexity index is 478. The largest absolute Gasteiger partial charge is 0.481 e. The SMILES string of the molecule is O=C(O)CC(=O)NC1(c2ccc(F)cc2)CCCC1. The van der Waals surface area contributed by atoms with Crippen LogP contribution in [-0.2, 0) is 15.1 Å². The molecule has 0 aromatic heterocycles. The van der Waals surface area contributed by atoms with E-state index in [0.717, 1.165) is 31.2 Å². The molecule has 0 atom stereocenters. The van der Waals surface area contributed by atoms with Gasteiger partial charge in [0.05, 0.1) is 5.54 Å². The van der Waals surface area contributed by atoms with Crippen molar-refractivity contribution in [3.05, 3.63) is 35.6 Å². The summed E-state index contributed by atoms with van der Waals surface area (Å²) in [6, 6.07) is 6.03. The molecule has 1 fully saturated rings. The summed E-state index contributed by atoms with van der Waals surface area (Å²) in [6.07, 6.45) is 2.90. The Morgan fingerprint density at radius 2 is 1.79 bits per heavy atom. The maximum Gasteiger partial charge on any atom is 0.312 e. The minimum absolute atomic E-state index is 0.325. The van der Waals surface area contributed by atoms with Gasteiger partial charge in [0.2, 0.25) is 5.91 Å². The van der Waals surface area contributed by atoms with E-state index in [2.05, 4.69) is 5.32 Å². The van der Waals surface area contributed by atoms with Crippen LogP contribution in [0.5, 0.6) is 0 Å². The second-order valence-electron chi connectivity index (χ2n) is 4.91. The highest BCUT2D eigenvalue weighted by Crippen LogP contribution is 2.38. The number of amides is 1. The van der Waals surface area contributed by atoms with E-state index in [1.165, 1.54) is 12.1 Å². The molecule has 4 nitrogen and oxygen atoms in total. The lowest BCUT2D eigenvalue weighted by Crippen LogP contribution is -2.44. The molecule has 0 radical (unpaired) electrons. The van der Waals surface area contributed by atoms with E-state index in [-0.39, 0.29) is 5.82 Å². The number of hydrogen-bond donors (Lipinski definition) is 2. The van der Waals surface area contributed by atoms with E-state index < -0.39 is 23.8 Å². The fourth-order valence-electron chi connectivity index (χ4n) is 2.68. The number of halogens is 1. The third kappa shape index (κ3) is 3.10. The first-order valence-corrected chi connectivity index (χ1v) is 6.31. The second-order valence-corrected chi connectivity index (χ2v) is 4.91. The molecule has 5 heteroatoms. The Hall–Kier alpha value is -1.91. The lowest BCUT2D eigenvalue weighted by atomic mass is 9.88. The molecule has 0 aliphatic heterocycles. The van der Waals surface area contributed by atoms with Crippen molar-refractivity contribution >= 4 is 11.9 Å². The van der Waals surface area contributed by atoms with E-state index in [1.54, 1.807) is 12.1 Å². The van der Waals surface area contributed by atoms with Crippen molar-refractivity contribution in [2.75, 3.05) is 0 Å². The van der Waals surface area contributed by atoms with Gasteiger partial charge in [-0.2, -0.15) is 0 Å². The highest BCUT2D eigenvalue weighted by molar-refractivity contribution is 5.93. The number of benzene rings is 1. The van der Waals surface area contributed by atoms with Crippen LogP contribution in [0.3, 0.4) is 0 Å². The maximum atomic E-state index is 13.0. The zero-order valence-corrected chi connectivity index (χ0v) is 10.5. The fraction of sp³-hybridized carbons (Fsp3) is 0.429. The summed E-state index contributed by atoms with van der Waals surface area (Å²) in [4.78, 5) is 22.2. The molecule has 102 valence electrons. The van der Waals surface area contributed by atoms with Crippen LogP contribution in [0.2, 0.25) is 0 Å². The number of carbonyl (C=O) groups excluding carboxylic acids is 1. The number of aliphatic carboxylic acids is 1. The van der Waals surface area contributed by atoms with Gasteiger partial charge in [-0.3, -0.25) is 9.59 Å². The number of rotatable bonds is 4. The van der Waals surface area contributed by atoms with Crippen molar-refractivity contribution in [3.8, 4) is 0 Å². The topological polar surface area (TPSA) is 66.4 Å². The van der Waals surface area contributed by atoms with Crippen LogP contribution in [0, 0.1) is 5.82 Å². The van der Waals surface area contributed by atoms with Crippen molar-refractivity contribution in [1.82, 2.24) is 5.32 Å². The second kappa shape index (κ2) is 5.38. The Kier molecular flexibility index (Phi) is 3.83. The first-order valence-electron chi connectivity index (χ1n) is 6.31. The minimum atomic E-state index is -1.15. The average molecular weight is 265 g/mol. The molecule has 1 aliphatic rings. The maximum absolute atomic E-state index is 13.0. The summed E-state index contributed by atoms with van der Waals surface area (Å²) in [5.74, 6) is -1.97. The lowest BCUT2D eigenvalue weighted by Gasteiger charge is -2.31. The van der Waals surface area contributed by atoms with Gasteiger partial charge in [-0.15, -0.1) is 0 Å². The van der Waals surface area contributed by atoms with Gasteiger partial charge in [0, 0.05) is 0 Å². The average Bonchev–Trinajstić information content (AvgIpc) is 2.78. The molecule has 0 spiro atoms. The predicted octanol–water partition coefficient (Wildman–Crippen LogP) is 2.19. The van der Waals surface area contributed by atoms with Gasteiger partial charge in [-0.1, -0.05) is 25.0 Å². The van der Waals surface area contributed by atoms with E-state index in [0.29, 0.717) is 0 Å². The van der Waals surface area contributed by atoms with E-state index in [1.807, 2.05) is 0 Å². The fourth-order valence-corrected chi connectivity index (χ4v) is 2.68. The molecule has 1 aromatic carbocycles.